The second-order valence-electron chi connectivity index (χ2n) is 6.00. The number of anilines is 3. The Hall–Kier alpha value is -1.89. The highest BCUT2D eigenvalue weighted by molar-refractivity contribution is 7.19. The van der Waals surface area contributed by atoms with Gasteiger partial charge in [0.15, 0.2) is 5.13 Å². The highest BCUT2D eigenvalue weighted by atomic mass is 32.1. The third-order valence-electron chi connectivity index (χ3n) is 4.30. The van der Waals surface area contributed by atoms with Crippen LogP contribution in [0.1, 0.15) is 0 Å². The predicted octanol–water partition coefficient (Wildman–Crippen LogP) is 4.37. The highest BCUT2D eigenvalue weighted by Gasteiger charge is 2.14. The smallest absolute Gasteiger partial charge is 0.187 e. The minimum absolute atomic E-state index is 0.934. The zero-order valence-corrected chi connectivity index (χ0v) is 15.2. The summed E-state index contributed by atoms with van der Waals surface area (Å²) < 4.78 is 0. The standard InChI is InChI=1S/C18H20N4S2/c1-21-7-9-22(10-8-21)16-4-2-15(3-5-16)20-18-19-12-17(24-18)14-6-11-23-13-14/h2-6,11-13H,7-10H2,1H3,(H,19,20). The van der Waals surface area contributed by atoms with Crippen molar-refractivity contribution < 1.29 is 0 Å². The van der Waals surface area contributed by atoms with E-state index in [-0.39, 0.29) is 0 Å². The fraction of sp³-hybridized carbons (Fsp3) is 0.278. The van der Waals surface area contributed by atoms with Gasteiger partial charge in [0.25, 0.3) is 0 Å². The number of likely N-dealkylation sites (N-methyl/N-ethyl adjacent to an activating group) is 1. The Bertz CT molecular complexity index is 772. The molecule has 0 spiro atoms. The van der Waals surface area contributed by atoms with Crippen LogP contribution >= 0.6 is 22.7 Å². The van der Waals surface area contributed by atoms with Crippen molar-refractivity contribution in [3.63, 3.8) is 0 Å². The van der Waals surface area contributed by atoms with Crippen LogP contribution in [-0.2, 0) is 0 Å². The molecule has 4 rings (SSSR count). The molecule has 0 unspecified atom stereocenters. The van der Waals surface area contributed by atoms with Crippen molar-refractivity contribution in [1.82, 2.24) is 9.88 Å². The molecule has 0 radical (unpaired) electrons. The molecule has 1 fully saturated rings. The maximum atomic E-state index is 4.48. The molecule has 1 N–H and O–H groups in total. The molecule has 6 heteroatoms. The van der Waals surface area contributed by atoms with Gasteiger partial charge in [0.2, 0.25) is 0 Å². The Kier molecular flexibility index (Phi) is 4.51. The Morgan fingerprint density at radius 2 is 1.83 bits per heavy atom. The lowest BCUT2D eigenvalue weighted by atomic mass is 10.2. The number of benzene rings is 1. The largest absolute Gasteiger partial charge is 0.369 e. The molecule has 0 atom stereocenters. The summed E-state index contributed by atoms with van der Waals surface area (Å²) in [6, 6.07) is 10.8. The number of hydrogen-bond donors (Lipinski definition) is 1. The summed E-state index contributed by atoms with van der Waals surface area (Å²) >= 11 is 3.40. The monoisotopic (exact) mass is 356 g/mol. The van der Waals surface area contributed by atoms with Gasteiger partial charge in [-0.1, -0.05) is 11.3 Å². The topological polar surface area (TPSA) is 31.4 Å². The fourth-order valence-electron chi connectivity index (χ4n) is 2.81. The third-order valence-corrected chi connectivity index (χ3v) is 5.94. The van der Waals surface area contributed by atoms with Gasteiger partial charge in [-0.2, -0.15) is 11.3 Å². The van der Waals surface area contributed by atoms with Crippen LogP contribution in [0.5, 0.6) is 0 Å². The van der Waals surface area contributed by atoms with Crippen molar-refractivity contribution in [2.45, 2.75) is 0 Å². The lowest BCUT2D eigenvalue weighted by Crippen LogP contribution is -2.44. The van der Waals surface area contributed by atoms with Gasteiger partial charge < -0.3 is 15.1 Å². The van der Waals surface area contributed by atoms with Gasteiger partial charge in [-0.05, 0) is 48.1 Å². The van der Waals surface area contributed by atoms with Crippen molar-refractivity contribution in [3.05, 3.63) is 47.3 Å². The molecule has 3 heterocycles. The highest BCUT2D eigenvalue weighted by Crippen LogP contribution is 2.32. The first-order chi connectivity index (χ1) is 11.8. The zero-order valence-electron chi connectivity index (χ0n) is 13.6. The number of piperazine rings is 1. The molecule has 1 saturated heterocycles. The van der Waals surface area contributed by atoms with Crippen molar-refractivity contribution in [2.24, 2.45) is 0 Å². The quantitative estimate of drug-likeness (QED) is 0.752. The van der Waals surface area contributed by atoms with E-state index in [9.17, 15) is 0 Å². The van der Waals surface area contributed by atoms with Gasteiger partial charge >= 0.3 is 0 Å². The molecule has 3 aromatic rings. The average molecular weight is 357 g/mol. The minimum Gasteiger partial charge on any atom is -0.369 e. The van der Waals surface area contributed by atoms with E-state index < -0.39 is 0 Å². The Morgan fingerprint density at radius 1 is 1.04 bits per heavy atom. The van der Waals surface area contributed by atoms with Gasteiger partial charge in [0.1, 0.15) is 0 Å². The average Bonchev–Trinajstić information content (AvgIpc) is 3.28. The molecular weight excluding hydrogens is 336 g/mol. The van der Waals surface area contributed by atoms with E-state index in [1.165, 1.54) is 16.1 Å². The fourth-order valence-corrected chi connectivity index (χ4v) is 4.38. The van der Waals surface area contributed by atoms with E-state index in [1.807, 2.05) is 6.20 Å². The van der Waals surface area contributed by atoms with Crippen LogP contribution in [0.15, 0.2) is 47.3 Å². The molecule has 0 bridgehead atoms. The van der Waals surface area contributed by atoms with Crippen LogP contribution in [0.3, 0.4) is 0 Å². The molecule has 4 nitrogen and oxygen atoms in total. The van der Waals surface area contributed by atoms with Crippen molar-refractivity contribution >= 4 is 39.2 Å². The SMILES string of the molecule is CN1CCN(c2ccc(Nc3ncc(-c4ccsc4)s3)cc2)CC1. The number of rotatable bonds is 4. The van der Waals surface area contributed by atoms with Crippen molar-refractivity contribution in [1.29, 1.82) is 0 Å². The van der Waals surface area contributed by atoms with Crippen LogP contribution < -0.4 is 10.2 Å². The summed E-state index contributed by atoms with van der Waals surface area (Å²) in [5, 5.41) is 8.59. The van der Waals surface area contributed by atoms with E-state index in [4.69, 9.17) is 0 Å². The molecule has 124 valence electrons. The number of thiazole rings is 1. The lowest BCUT2D eigenvalue weighted by Gasteiger charge is -2.34. The summed E-state index contributed by atoms with van der Waals surface area (Å²) in [5.41, 5.74) is 3.63. The molecular formula is C18H20N4S2. The molecule has 1 aliphatic rings. The van der Waals surface area contributed by atoms with E-state index in [2.05, 4.69) is 68.2 Å². The molecule has 1 aliphatic heterocycles. The molecule has 1 aromatic carbocycles. The Labute approximate surface area is 150 Å². The summed E-state index contributed by atoms with van der Waals surface area (Å²) in [7, 11) is 2.18. The maximum Gasteiger partial charge on any atom is 0.187 e. The summed E-state index contributed by atoms with van der Waals surface area (Å²) in [5.74, 6) is 0. The number of aromatic nitrogens is 1. The van der Waals surface area contributed by atoms with Crippen LogP contribution in [0.2, 0.25) is 0 Å². The first-order valence-corrected chi connectivity index (χ1v) is 9.83. The first-order valence-electron chi connectivity index (χ1n) is 8.07. The number of thiophene rings is 1. The maximum absolute atomic E-state index is 4.48. The Morgan fingerprint density at radius 3 is 2.54 bits per heavy atom. The van der Waals surface area contributed by atoms with E-state index in [1.54, 1.807) is 22.7 Å². The van der Waals surface area contributed by atoms with Gasteiger partial charge in [0.05, 0.1) is 4.88 Å². The van der Waals surface area contributed by atoms with E-state index in [0.717, 1.165) is 37.0 Å². The predicted molar refractivity (Wildman–Crippen MR) is 105 cm³/mol. The van der Waals surface area contributed by atoms with Crippen LogP contribution in [0.4, 0.5) is 16.5 Å². The second kappa shape index (κ2) is 6.93. The van der Waals surface area contributed by atoms with Gasteiger partial charge in [0, 0.05) is 49.3 Å². The van der Waals surface area contributed by atoms with E-state index in [0.29, 0.717) is 0 Å². The molecule has 2 aromatic heterocycles. The first kappa shape index (κ1) is 15.6. The summed E-state index contributed by atoms with van der Waals surface area (Å²) in [4.78, 5) is 10.5. The van der Waals surface area contributed by atoms with Crippen molar-refractivity contribution in [2.75, 3.05) is 43.4 Å². The van der Waals surface area contributed by atoms with Gasteiger partial charge in [-0.25, -0.2) is 4.98 Å². The summed E-state index contributed by atoms with van der Waals surface area (Å²) in [6.45, 7) is 4.45. The van der Waals surface area contributed by atoms with Crippen LogP contribution in [0.25, 0.3) is 10.4 Å². The Balaban J connectivity index is 1.42. The minimum atomic E-state index is 0.934. The van der Waals surface area contributed by atoms with E-state index >= 15 is 0 Å². The lowest BCUT2D eigenvalue weighted by molar-refractivity contribution is 0.313. The van der Waals surface area contributed by atoms with Crippen LogP contribution in [-0.4, -0.2) is 43.1 Å². The summed E-state index contributed by atoms with van der Waals surface area (Å²) in [6.07, 6.45) is 1.94. The van der Waals surface area contributed by atoms with Gasteiger partial charge in [-0.3, -0.25) is 0 Å². The zero-order chi connectivity index (χ0) is 16.4. The normalized spacial score (nSPS) is 15.6. The molecule has 0 amide bonds. The molecule has 24 heavy (non-hydrogen) atoms. The van der Waals surface area contributed by atoms with Crippen molar-refractivity contribution in [3.8, 4) is 10.4 Å². The number of nitrogens with zero attached hydrogens (tertiary/aromatic N) is 3. The number of nitrogens with one attached hydrogen (secondary N) is 1. The second-order valence-corrected chi connectivity index (χ2v) is 7.81. The number of hydrogen-bond acceptors (Lipinski definition) is 6. The van der Waals surface area contributed by atoms with Gasteiger partial charge in [-0.15, -0.1) is 0 Å². The molecule has 0 saturated carbocycles. The van der Waals surface area contributed by atoms with Crippen LogP contribution in [0, 0.1) is 0 Å². The molecule has 0 aliphatic carbocycles. The third kappa shape index (κ3) is 3.45.